The van der Waals surface area contributed by atoms with Gasteiger partial charge in [0, 0.05) is 44.0 Å². The Hall–Kier alpha value is -3.13. The van der Waals surface area contributed by atoms with Gasteiger partial charge in [-0.2, -0.15) is 0 Å². The highest BCUT2D eigenvalue weighted by molar-refractivity contribution is 7.92. The average Bonchev–Trinajstić information content (AvgIpc) is 2.85. The molecule has 1 saturated heterocycles. The summed E-state index contributed by atoms with van der Waals surface area (Å²) >= 11 is 6.19. The second-order valence-corrected chi connectivity index (χ2v) is 10.1. The van der Waals surface area contributed by atoms with Gasteiger partial charge < -0.3 is 4.90 Å². The molecule has 1 aliphatic heterocycles. The molecule has 0 atom stereocenters. The number of nitrogens with one attached hydrogen (secondary N) is 1. The van der Waals surface area contributed by atoms with Crippen molar-refractivity contribution in [2.45, 2.75) is 4.90 Å². The van der Waals surface area contributed by atoms with Crippen molar-refractivity contribution >= 4 is 39.3 Å². The van der Waals surface area contributed by atoms with Crippen LogP contribution in [0, 0.1) is 0 Å². The third-order valence-electron chi connectivity index (χ3n) is 5.63. The van der Waals surface area contributed by atoms with Crippen molar-refractivity contribution in [3.05, 3.63) is 101 Å². The Bertz CT molecular complexity index is 1260. The number of rotatable bonds is 7. The van der Waals surface area contributed by atoms with E-state index in [9.17, 15) is 13.2 Å². The number of hydrogen-bond donors (Lipinski definition) is 1. The highest BCUT2D eigenvalue weighted by Gasteiger charge is 2.25. The maximum atomic E-state index is 13.1. The number of amides is 1. The lowest BCUT2D eigenvalue weighted by atomic mass is 10.1. The van der Waals surface area contributed by atoms with Crippen molar-refractivity contribution in [2.75, 3.05) is 37.4 Å². The fraction of sp³-hybridized carbons (Fsp3) is 0.192. The molecule has 8 heteroatoms. The lowest BCUT2D eigenvalue weighted by molar-refractivity contribution is 0.0650. The van der Waals surface area contributed by atoms with Crippen molar-refractivity contribution in [3.63, 3.8) is 0 Å². The van der Waals surface area contributed by atoms with Crippen molar-refractivity contribution in [1.29, 1.82) is 0 Å². The van der Waals surface area contributed by atoms with E-state index in [4.69, 9.17) is 11.6 Å². The average molecular weight is 496 g/mol. The van der Waals surface area contributed by atoms with Crippen LogP contribution in [-0.2, 0) is 10.0 Å². The molecule has 0 aliphatic carbocycles. The third-order valence-corrected chi connectivity index (χ3v) is 7.49. The van der Waals surface area contributed by atoms with E-state index in [1.54, 1.807) is 41.3 Å². The van der Waals surface area contributed by atoms with E-state index in [0.29, 0.717) is 24.3 Å². The van der Waals surface area contributed by atoms with E-state index >= 15 is 0 Å². The largest absolute Gasteiger partial charge is 0.336 e. The van der Waals surface area contributed by atoms with E-state index in [1.165, 1.54) is 12.1 Å². The maximum absolute atomic E-state index is 13.1. The Balaban J connectivity index is 1.38. The molecule has 176 valence electrons. The third kappa shape index (κ3) is 6.05. The molecule has 4 rings (SSSR count). The Morgan fingerprint density at radius 2 is 1.56 bits per heavy atom. The number of piperazine rings is 1. The predicted molar refractivity (Wildman–Crippen MR) is 137 cm³/mol. The van der Waals surface area contributed by atoms with Crippen LogP contribution >= 0.6 is 11.6 Å². The summed E-state index contributed by atoms with van der Waals surface area (Å²) in [6, 6.07) is 23.1. The number of halogens is 1. The molecule has 0 unspecified atom stereocenters. The number of nitrogens with zero attached hydrogens (tertiary/aromatic N) is 2. The van der Waals surface area contributed by atoms with Gasteiger partial charge in [0.05, 0.1) is 5.02 Å². The van der Waals surface area contributed by atoms with Crippen LogP contribution in [0.1, 0.15) is 15.9 Å². The molecule has 0 radical (unpaired) electrons. The van der Waals surface area contributed by atoms with Crippen LogP contribution in [0.5, 0.6) is 0 Å². The molecule has 34 heavy (non-hydrogen) atoms. The van der Waals surface area contributed by atoms with E-state index in [0.717, 1.165) is 25.2 Å². The molecule has 0 bridgehead atoms. The van der Waals surface area contributed by atoms with Crippen molar-refractivity contribution in [2.24, 2.45) is 0 Å². The number of hydrogen-bond acceptors (Lipinski definition) is 4. The molecule has 3 aromatic carbocycles. The van der Waals surface area contributed by atoms with E-state index in [2.05, 4.69) is 33.9 Å². The SMILES string of the molecule is O=C(c1ccc(Cl)c(S(=O)(=O)Nc2ccccc2)c1)N1CCN(C/C=C/c2ccccc2)CC1. The van der Waals surface area contributed by atoms with Gasteiger partial charge in [0.1, 0.15) is 4.90 Å². The first-order valence-electron chi connectivity index (χ1n) is 11.0. The highest BCUT2D eigenvalue weighted by Crippen LogP contribution is 2.26. The van der Waals surface area contributed by atoms with Crippen LogP contribution in [-0.4, -0.2) is 56.8 Å². The summed E-state index contributed by atoms with van der Waals surface area (Å²) in [6.45, 7) is 3.46. The number of para-hydroxylation sites is 1. The summed E-state index contributed by atoms with van der Waals surface area (Å²) in [5, 5.41) is 0.0648. The second-order valence-electron chi connectivity index (χ2n) is 8.02. The molecule has 1 fully saturated rings. The predicted octanol–water partition coefficient (Wildman–Crippen LogP) is 4.61. The molecule has 1 aliphatic rings. The molecule has 1 N–H and O–H groups in total. The standard InChI is InChI=1S/C26H26ClN3O3S/c27-24-14-13-22(20-25(24)34(32,33)28-23-11-5-2-6-12-23)26(31)30-18-16-29(17-19-30)15-7-10-21-8-3-1-4-9-21/h1-14,20,28H,15-19H2/b10-7+. The van der Waals surface area contributed by atoms with Crippen LogP contribution < -0.4 is 4.72 Å². The molecule has 6 nitrogen and oxygen atoms in total. The summed E-state index contributed by atoms with van der Waals surface area (Å²) in [4.78, 5) is 17.0. The van der Waals surface area contributed by atoms with Gasteiger partial charge in [-0.1, -0.05) is 72.3 Å². The molecule has 0 aromatic heterocycles. The Morgan fingerprint density at radius 3 is 2.24 bits per heavy atom. The zero-order valence-electron chi connectivity index (χ0n) is 18.6. The maximum Gasteiger partial charge on any atom is 0.263 e. The van der Waals surface area contributed by atoms with Crippen LogP contribution in [0.4, 0.5) is 5.69 Å². The van der Waals surface area contributed by atoms with Gasteiger partial charge >= 0.3 is 0 Å². The lowest BCUT2D eigenvalue weighted by Crippen LogP contribution is -2.48. The molecular formula is C26H26ClN3O3S. The van der Waals surface area contributed by atoms with Crippen molar-refractivity contribution in [3.8, 4) is 0 Å². The minimum atomic E-state index is -3.94. The quantitative estimate of drug-likeness (QED) is 0.519. The minimum absolute atomic E-state index is 0.0648. The number of carbonyl (C=O) groups excluding carboxylic acids is 1. The van der Waals surface area contributed by atoms with Gasteiger partial charge in [-0.15, -0.1) is 0 Å². The summed E-state index contributed by atoms with van der Waals surface area (Å²) in [5.74, 6) is -0.202. The van der Waals surface area contributed by atoms with Gasteiger partial charge in [-0.05, 0) is 35.9 Å². The zero-order chi connectivity index (χ0) is 24.0. The second kappa shape index (κ2) is 10.9. The monoisotopic (exact) mass is 495 g/mol. The van der Waals surface area contributed by atoms with E-state index in [-0.39, 0.29) is 15.8 Å². The van der Waals surface area contributed by atoms with Gasteiger partial charge in [-0.25, -0.2) is 8.42 Å². The van der Waals surface area contributed by atoms with Gasteiger partial charge in [0.2, 0.25) is 0 Å². The fourth-order valence-corrected chi connectivity index (χ4v) is 5.36. The topological polar surface area (TPSA) is 69.7 Å². The summed E-state index contributed by atoms with van der Waals surface area (Å²) in [6.07, 6.45) is 4.22. The van der Waals surface area contributed by atoms with Crippen LogP contribution in [0.15, 0.2) is 89.8 Å². The molecular weight excluding hydrogens is 470 g/mol. The summed E-state index contributed by atoms with van der Waals surface area (Å²) in [7, 11) is -3.94. The number of anilines is 1. The molecule has 1 heterocycles. The first-order chi connectivity index (χ1) is 16.4. The summed E-state index contributed by atoms with van der Waals surface area (Å²) in [5.41, 5.74) is 1.88. The van der Waals surface area contributed by atoms with Crippen LogP contribution in [0.3, 0.4) is 0 Å². The molecule has 0 spiro atoms. The fourth-order valence-electron chi connectivity index (χ4n) is 3.78. The van der Waals surface area contributed by atoms with E-state index < -0.39 is 10.0 Å². The lowest BCUT2D eigenvalue weighted by Gasteiger charge is -2.34. The van der Waals surface area contributed by atoms with Crippen molar-refractivity contribution < 1.29 is 13.2 Å². The Morgan fingerprint density at radius 1 is 0.912 bits per heavy atom. The number of carbonyl (C=O) groups is 1. The Kier molecular flexibility index (Phi) is 7.67. The normalized spacial score (nSPS) is 14.9. The first kappa shape index (κ1) is 24.0. The molecule has 1 amide bonds. The first-order valence-corrected chi connectivity index (χ1v) is 12.9. The van der Waals surface area contributed by atoms with E-state index in [1.807, 2.05) is 18.2 Å². The minimum Gasteiger partial charge on any atom is -0.336 e. The molecule has 0 saturated carbocycles. The van der Waals surface area contributed by atoms with Crippen LogP contribution in [0.2, 0.25) is 5.02 Å². The van der Waals surface area contributed by atoms with Gasteiger partial charge in [0.25, 0.3) is 15.9 Å². The van der Waals surface area contributed by atoms with Gasteiger partial charge in [0.15, 0.2) is 0 Å². The van der Waals surface area contributed by atoms with Crippen molar-refractivity contribution in [1.82, 2.24) is 9.80 Å². The smallest absolute Gasteiger partial charge is 0.263 e. The van der Waals surface area contributed by atoms with Crippen LogP contribution in [0.25, 0.3) is 6.08 Å². The highest BCUT2D eigenvalue weighted by atomic mass is 35.5. The summed E-state index contributed by atoms with van der Waals surface area (Å²) < 4.78 is 28.3. The number of sulfonamides is 1. The molecule has 3 aromatic rings. The zero-order valence-corrected chi connectivity index (χ0v) is 20.2. The van der Waals surface area contributed by atoms with Gasteiger partial charge in [-0.3, -0.25) is 14.4 Å². The number of benzene rings is 3. The Labute approximate surface area is 205 Å².